The lowest BCUT2D eigenvalue weighted by atomic mass is 9.41. The zero-order valence-corrected chi connectivity index (χ0v) is 38.3. The highest BCUT2D eigenvalue weighted by atomic mass is 16.5. The maximum absolute atomic E-state index is 7.51. The number of para-hydroxylation sites is 4. The first-order valence-corrected chi connectivity index (χ1v) is 24.4. The van der Waals surface area contributed by atoms with E-state index in [9.17, 15) is 0 Å². The highest BCUT2D eigenvalue weighted by molar-refractivity contribution is 6.05. The third-order valence-corrected chi connectivity index (χ3v) is 16.1. The normalized spacial score (nSPS) is 20.9. The molecule has 3 heteroatoms. The van der Waals surface area contributed by atoms with Crippen LogP contribution >= 0.6 is 0 Å². The molecule has 0 amide bonds. The van der Waals surface area contributed by atoms with Crippen molar-refractivity contribution in [2.75, 3.05) is 9.80 Å². The van der Waals surface area contributed by atoms with Crippen LogP contribution in [0.25, 0.3) is 33.0 Å². The second kappa shape index (κ2) is 15.9. The maximum Gasteiger partial charge on any atom is 0.139 e. The molecule has 9 aromatic carbocycles. The summed E-state index contributed by atoms with van der Waals surface area (Å²) in [5.41, 5.74) is 16.8. The molecule has 0 aromatic heterocycles. The Balaban J connectivity index is 1.09. The van der Waals surface area contributed by atoms with Gasteiger partial charge in [0, 0.05) is 55.5 Å². The van der Waals surface area contributed by atoms with Crippen molar-refractivity contribution in [3.8, 4) is 33.8 Å². The van der Waals surface area contributed by atoms with Crippen LogP contribution < -0.4 is 14.5 Å². The molecule has 67 heavy (non-hydrogen) atoms. The molecule has 1 heterocycles. The molecule has 326 valence electrons. The Kier molecular flexibility index (Phi) is 9.49. The van der Waals surface area contributed by atoms with Crippen LogP contribution in [0.3, 0.4) is 0 Å². The van der Waals surface area contributed by atoms with E-state index in [0.717, 1.165) is 34.7 Å². The van der Waals surface area contributed by atoms with E-state index in [1.54, 1.807) is 0 Å². The molecule has 4 bridgehead atoms. The molecule has 3 nitrogen and oxygen atoms in total. The number of hydrogen-bond acceptors (Lipinski definition) is 3. The van der Waals surface area contributed by atoms with E-state index in [2.05, 4.69) is 230 Å². The highest BCUT2D eigenvalue weighted by Crippen LogP contribution is 2.70. The summed E-state index contributed by atoms with van der Waals surface area (Å²) in [6.45, 7) is 4.50. The lowest BCUT2D eigenvalue weighted by Gasteiger charge is -2.63. The van der Waals surface area contributed by atoms with Crippen molar-refractivity contribution in [2.45, 2.75) is 51.4 Å². The van der Waals surface area contributed by atoms with Crippen molar-refractivity contribution < 1.29 is 4.74 Å². The van der Waals surface area contributed by atoms with Crippen LogP contribution in [0.4, 0.5) is 34.1 Å². The lowest BCUT2D eigenvalue weighted by Crippen LogP contribution is -2.57. The van der Waals surface area contributed by atoms with E-state index in [1.807, 2.05) is 0 Å². The minimum absolute atomic E-state index is 0.238. The first kappa shape index (κ1) is 40.0. The molecule has 4 aliphatic carbocycles. The summed E-state index contributed by atoms with van der Waals surface area (Å²) in [6, 6.07) is 76.3. The Morgan fingerprint density at radius 1 is 0.403 bits per heavy atom. The van der Waals surface area contributed by atoms with Gasteiger partial charge in [0.1, 0.15) is 11.5 Å². The minimum Gasteiger partial charge on any atom is -0.456 e. The monoisotopic (exact) mass is 866 g/mol. The maximum atomic E-state index is 7.51. The molecule has 5 aliphatic rings. The van der Waals surface area contributed by atoms with E-state index < -0.39 is 0 Å². The molecule has 4 saturated carbocycles. The Hall–Kier alpha value is -7.36. The topological polar surface area (TPSA) is 15.7 Å². The average Bonchev–Trinajstić information content (AvgIpc) is 3.37. The van der Waals surface area contributed by atoms with Crippen molar-refractivity contribution in [1.29, 1.82) is 0 Å². The molecule has 9 aromatic rings. The van der Waals surface area contributed by atoms with Crippen molar-refractivity contribution in [1.82, 2.24) is 0 Å². The van der Waals surface area contributed by atoms with Gasteiger partial charge in [-0.2, -0.15) is 0 Å². The SMILES string of the molecule is Cc1ccccc1N(c1ccc2c(c1)C1(c3cc(N(c4ccccc4C)c4ccccc4-c4ccccc4)c4ccccc4c3O2)C2CC3CC(C2)CC1C3)c1ccccc1-c1ccccc1. The smallest absolute Gasteiger partial charge is 0.139 e. The van der Waals surface area contributed by atoms with Crippen molar-refractivity contribution in [3.05, 3.63) is 229 Å². The van der Waals surface area contributed by atoms with Gasteiger partial charge in [-0.05, 0) is 140 Å². The van der Waals surface area contributed by atoms with E-state index >= 15 is 0 Å². The van der Waals surface area contributed by atoms with Gasteiger partial charge in [0.05, 0.1) is 17.1 Å². The number of hydrogen-bond donors (Lipinski definition) is 0. The molecule has 0 unspecified atom stereocenters. The van der Waals surface area contributed by atoms with Crippen molar-refractivity contribution >= 4 is 44.9 Å². The minimum atomic E-state index is -0.238. The molecular weight excluding hydrogens is 813 g/mol. The molecule has 14 rings (SSSR count). The molecule has 0 saturated heterocycles. The van der Waals surface area contributed by atoms with E-state index in [0.29, 0.717) is 11.8 Å². The predicted molar refractivity (Wildman–Crippen MR) is 278 cm³/mol. The van der Waals surface area contributed by atoms with E-state index in [1.165, 1.54) is 110 Å². The Morgan fingerprint density at radius 2 is 0.881 bits per heavy atom. The van der Waals surface area contributed by atoms with Crippen LogP contribution in [0.1, 0.15) is 54.4 Å². The van der Waals surface area contributed by atoms with Crippen LogP contribution in [-0.4, -0.2) is 0 Å². The standard InChI is InChI=1S/C64H54N2O/c1-42-19-9-15-29-57(42)65(59-31-17-13-25-51(59)46-21-5-3-6-22-46)50-33-34-62-55(40-50)64(48-36-44-35-45(38-48)39-49(64)37-44)56-41-61(53-27-11-12-28-54(53)63(56)67-62)66(58-30-16-10-20-43(58)2)60-32-18-14-26-52(60)47-23-7-4-8-24-47/h3-34,40-41,44-45,48-49H,35-39H2,1-2H3. The fourth-order valence-electron chi connectivity index (χ4n) is 13.6. The first-order chi connectivity index (χ1) is 33.0. The highest BCUT2D eigenvalue weighted by Gasteiger charge is 2.62. The summed E-state index contributed by atoms with van der Waals surface area (Å²) in [5.74, 6) is 4.62. The van der Waals surface area contributed by atoms with Gasteiger partial charge in [0.15, 0.2) is 0 Å². The zero-order valence-electron chi connectivity index (χ0n) is 38.3. The summed E-state index contributed by atoms with van der Waals surface area (Å²) in [5, 5.41) is 2.36. The molecule has 0 atom stereocenters. The van der Waals surface area contributed by atoms with Gasteiger partial charge in [-0.15, -0.1) is 0 Å². The second-order valence-corrected chi connectivity index (χ2v) is 19.8. The van der Waals surface area contributed by atoms with Gasteiger partial charge in [0.2, 0.25) is 0 Å². The molecule has 0 N–H and O–H groups in total. The van der Waals surface area contributed by atoms with E-state index in [-0.39, 0.29) is 5.41 Å². The average molecular weight is 867 g/mol. The van der Waals surface area contributed by atoms with E-state index in [4.69, 9.17) is 4.74 Å². The number of fused-ring (bicyclic) bond motifs is 4. The second-order valence-electron chi connectivity index (χ2n) is 19.8. The molecule has 1 aliphatic heterocycles. The van der Waals surface area contributed by atoms with Gasteiger partial charge in [-0.1, -0.05) is 158 Å². The van der Waals surface area contributed by atoms with Crippen LogP contribution in [0, 0.1) is 37.5 Å². The zero-order chi connectivity index (χ0) is 44.6. The van der Waals surface area contributed by atoms with Crippen LogP contribution in [-0.2, 0) is 5.41 Å². The summed E-state index contributed by atoms with van der Waals surface area (Å²) < 4.78 is 7.51. The molecular formula is C64H54N2O. The number of nitrogens with zero attached hydrogens (tertiary/aromatic N) is 2. The lowest BCUT2D eigenvalue weighted by molar-refractivity contribution is -0.0450. The fourth-order valence-corrected chi connectivity index (χ4v) is 13.6. The molecule has 4 fully saturated rings. The summed E-state index contributed by atoms with van der Waals surface area (Å²) in [7, 11) is 0. The summed E-state index contributed by atoms with van der Waals surface area (Å²) in [4.78, 5) is 5.08. The number of aryl methyl sites for hydroxylation is 2. The molecule has 0 radical (unpaired) electrons. The Bertz CT molecular complexity index is 3310. The number of ether oxygens (including phenoxy) is 1. The first-order valence-electron chi connectivity index (χ1n) is 24.4. The van der Waals surface area contributed by atoms with Gasteiger partial charge in [0.25, 0.3) is 0 Å². The summed E-state index contributed by atoms with van der Waals surface area (Å²) in [6.07, 6.45) is 6.42. The van der Waals surface area contributed by atoms with Crippen LogP contribution in [0.15, 0.2) is 206 Å². The third kappa shape index (κ3) is 6.31. The van der Waals surface area contributed by atoms with Crippen LogP contribution in [0.5, 0.6) is 11.5 Å². The Labute approximate surface area is 395 Å². The predicted octanol–water partition coefficient (Wildman–Crippen LogP) is 17.6. The van der Waals surface area contributed by atoms with Gasteiger partial charge in [-0.25, -0.2) is 0 Å². The third-order valence-electron chi connectivity index (χ3n) is 16.1. The van der Waals surface area contributed by atoms with Gasteiger partial charge < -0.3 is 14.5 Å². The largest absolute Gasteiger partial charge is 0.456 e. The number of benzene rings is 9. The Morgan fingerprint density at radius 3 is 1.46 bits per heavy atom. The fraction of sp³-hybridized carbons (Fsp3) is 0.188. The van der Waals surface area contributed by atoms with Crippen molar-refractivity contribution in [2.24, 2.45) is 23.7 Å². The van der Waals surface area contributed by atoms with Crippen molar-refractivity contribution in [3.63, 3.8) is 0 Å². The summed E-state index contributed by atoms with van der Waals surface area (Å²) >= 11 is 0. The number of anilines is 6. The van der Waals surface area contributed by atoms with Crippen LogP contribution in [0.2, 0.25) is 0 Å². The quantitative estimate of drug-likeness (QED) is 0.151. The van der Waals surface area contributed by atoms with Gasteiger partial charge in [-0.3, -0.25) is 0 Å². The number of rotatable bonds is 8. The van der Waals surface area contributed by atoms with Gasteiger partial charge >= 0.3 is 0 Å². The molecule has 1 spiro atoms.